The van der Waals surface area contributed by atoms with Gasteiger partial charge in [0.25, 0.3) is 0 Å². The molecule has 0 unspecified atom stereocenters. The lowest BCUT2D eigenvalue weighted by atomic mass is 10.2. The molecule has 2 aromatic carbocycles. The van der Waals surface area contributed by atoms with Crippen molar-refractivity contribution in [2.24, 2.45) is 0 Å². The van der Waals surface area contributed by atoms with E-state index in [1.165, 1.54) is 54.7 Å². The smallest absolute Gasteiger partial charge is 0.240 e. The third kappa shape index (κ3) is 3.91. The summed E-state index contributed by atoms with van der Waals surface area (Å²) < 4.78 is 42.8. The normalized spacial score (nSPS) is 11.8. The van der Waals surface area contributed by atoms with E-state index in [1.54, 1.807) is 12.1 Å². The first-order chi connectivity index (χ1) is 14.2. The molecule has 0 fully saturated rings. The molecule has 0 saturated heterocycles. The third-order valence-corrected chi connectivity index (χ3v) is 7.36. The van der Waals surface area contributed by atoms with Crippen molar-refractivity contribution in [2.75, 3.05) is 0 Å². The van der Waals surface area contributed by atoms with Gasteiger partial charge in [-0.3, -0.25) is 9.20 Å². The fraction of sp³-hybridized carbons (Fsp3) is 0.143. The molecule has 30 heavy (non-hydrogen) atoms. The van der Waals surface area contributed by atoms with E-state index in [4.69, 9.17) is 0 Å². The Morgan fingerprint density at radius 1 is 1.13 bits per heavy atom. The van der Waals surface area contributed by atoms with Crippen LogP contribution in [0, 0.1) is 12.7 Å². The molecule has 154 valence electrons. The van der Waals surface area contributed by atoms with Crippen LogP contribution in [-0.4, -0.2) is 23.6 Å². The van der Waals surface area contributed by atoms with Crippen molar-refractivity contribution in [1.29, 1.82) is 0 Å². The SMILES string of the molecule is CC(=O)c1ccc(S(=O)(=O)NCc2sc3nc(-c4ccc(F)cc4)cn3c2C)cc1. The summed E-state index contributed by atoms with van der Waals surface area (Å²) in [5.41, 5.74) is 2.87. The summed E-state index contributed by atoms with van der Waals surface area (Å²) in [7, 11) is -3.71. The van der Waals surface area contributed by atoms with Gasteiger partial charge in [0.05, 0.1) is 10.6 Å². The molecule has 9 heteroatoms. The first-order valence-electron chi connectivity index (χ1n) is 9.08. The van der Waals surface area contributed by atoms with E-state index in [0.29, 0.717) is 5.56 Å². The van der Waals surface area contributed by atoms with Crippen LogP contribution in [-0.2, 0) is 16.6 Å². The molecule has 0 aliphatic rings. The van der Waals surface area contributed by atoms with Gasteiger partial charge in [-0.1, -0.05) is 23.5 Å². The van der Waals surface area contributed by atoms with Crippen molar-refractivity contribution in [1.82, 2.24) is 14.1 Å². The molecular formula is C21H18FN3O3S2. The van der Waals surface area contributed by atoms with Crippen molar-refractivity contribution in [2.45, 2.75) is 25.3 Å². The van der Waals surface area contributed by atoms with Crippen molar-refractivity contribution >= 4 is 32.1 Å². The number of nitrogens with zero attached hydrogens (tertiary/aromatic N) is 2. The molecule has 1 N–H and O–H groups in total. The average molecular weight is 444 g/mol. The number of aromatic nitrogens is 2. The van der Waals surface area contributed by atoms with Crippen LogP contribution in [0.1, 0.15) is 27.9 Å². The van der Waals surface area contributed by atoms with Gasteiger partial charge in [0, 0.05) is 34.4 Å². The molecule has 0 aliphatic carbocycles. The third-order valence-electron chi connectivity index (χ3n) is 4.79. The Labute approximate surface area is 177 Å². The molecule has 2 aromatic heterocycles. The van der Waals surface area contributed by atoms with Gasteiger partial charge < -0.3 is 0 Å². The molecule has 4 rings (SSSR count). The van der Waals surface area contributed by atoms with E-state index in [-0.39, 0.29) is 23.0 Å². The number of ketones is 1. The number of thiazole rings is 1. The second kappa shape index (κ2) is 7.75. The summed E-state index contributed by atoms with van der Waals surface area (Å²) in [5.74, 6) is -0.425. The minimum absolute atomic E-state index is 0.102. The Hall–Kier alpha value is -2.88. The Kier molecular flexibility index (Phi) is 5.27. The zero-order chi connectivity index (χ0) is 21.5. The molecule has 0 amide bonds. The van der Waals surface area contributed by atoms with Crippen molar-refractivity contribution < 1.29 is 17.6 Å². The predicted molar refractivity (Wildman–Crippen MR) is 114 cm³/mol. The molecule has 0 aliphatic heterocycles. The largest absolute Gasteiger partial charge is 0.295 e. The first-order valence-corrected chi connectivity index (χ1v) is 11.4. The minimum Gasteiger partial charge on any atom is -0.295 e. The number of carbonyl (C=O) groups excluding carboxylic acids is 1. The predicted octanol–water partition coefficient (Wildman–Crippen LogP) is 4.19. The Bertz CT molecular complexity index is 1340. The highest BCUT2D eigenvalue weighted by Gasteiger charge is 2.18. The number of rotatable bonds is 6. The van der Waals surface area contributed by atoms with Crippen molar-refractivity contribution in [3.63, 3.8) is 0 Å². The second-order valence-electron chi connectivity index (χ2n) is 6.80. The molecule has 0 spiro atoms. The summed E-state index contributed by atoms with van der Waals surface area (Å²) in [6.45, 7) is 3.45. The topological polar surface area (TPSA) is 80.5 Å². The maximum Gasteiger partial charge on any atom is 0.240 e. The van der Waals surface area contributed by atoms with E-state index in [9.17, 15) is 17.6 Å². The van der Waals surface area contributed by atoms with Gasteiger partial charge in [-0.25, -0.2) is 22.5 Å². The lowest BCUT2D eigenvalue weighted by molar-refractivity contribution is 0.101. The number of fused-ring (bicyclic) bond motifs is 1. The monoisotopic (exact) mass is 443 g/mol. The zero-order valence-electron chi connectivity index (χ0n) is 16.2. The minimum atomic E-state index is -3.71. The van der Waals surface area contributed by atoms with Crippen LogP contribution >= 0.6 is 11.3 Å². The van der Waals surface area contributed by atoms with Crippen LogP contribution in [0.5, 0.6) is 0 Å². The number of sulfonamides is 1. The molecule has 0 saturated carbocycles. The summed E-state index contributed by atoms with van der Waals surface area (Å²) in [4.78, 5) is 17.6. The summed E-state index contributed by atoms with van der Waals surface area (Å²) in [6.07, 6.45) is 1.85. The number of nitrogens with one attached hydrogen (secondary N) is 1. The summed E-state index contributed by atoms with van der Waals surface area (Å²) in [5, 5.41) is 0. The lowest BCUT2D eigenvalue weighted by Gasteiger charge is -2.07. The molecule has 0 bridgehead atoms. The average Bonchev–Trinajstić information content (AvgIpc) is 3.26. The lowest BCUT2D eigenvalue weighted by Crippen LogP contribution is -2.23. The van der Waals surface area contributed by atoms with Crippen LogP contribution in [0.4, 0.5) is 4.39 Å². The van der Waals surface area contributed by atoms with E-state index < -0.39 is 10.0 Å². The Balaban J connectivity index is 1.54. The number of Topliss-reactive ketones (excluding diaryl/α,β-unsaturated/α-hetero) is 1. The van der Waals surface area contributed by atoms with Gasteiger partial charge in [0.1, 0.15) is 5.82 Å². The number of hydrogen-bond acceptors (Lipinski definition) is 5. The van der Waals surface area contributed by atoms with E-state index in [0.717, 1.165) is 26.8 Å². The maximum absolute atomic E-state index is 13.1. The molecule has 0 atom stereocenters. The molecule has 6 nitrogen and oxygen atoms in total. The highest BCUT2D eigenvalue weighted by atomic mass is 32.2. The highest BCUT2D eigenvalue weighted by Crippen LogP contribution is 2.27. The maximum atomic E-state index is 13.1. The van der Waals surface area contributed by atoms with Gasteiger partial charge in [-0.05, 0) is 50.2 Å². The fourth-order valence-electron chi connectivity index (χ4n) is 3.03. The molecule has 2 heterocycles. The van der Waals surface area contributed by atoms with Crippen LogP contribution in [0.2, 0.25) is 0 Å². The van der Waals surface area contributed by atoms with Crippen molar-refractivity contribution in [3.8, 4) is 11.3 Å². The van der Waals surface area contributed by atoms with Gasteiger partial charge in [-0.15, -0.1) is 0 Å². The van der Waals surface area contributed by atoms with E-state index in [2.05, 4.69) is 9.71 Å². The second-order valence-corrected chi connectivity index (χ2v) is 9.63. The van der Waals surface area contributed by atoms with Crippen LogP contribution < -0.4 is 4.72 Å². The Morgan fingerprint density at radius 3 is 2.40 bits per heavy atom. The molecule has 4 aromatic rings. The van der Waals surface area contributed by atoms with Gasteiger partial charge in [0.15, 0.2) is 10.7 Å². The number of imidazole rings is 1. The molecular weight excluding hydrogens is 425 g/mol. The molecule has 0 radical (unpaired) electrons. The van der Waals surface area contributed by atoms with E-state index in [1.807, 2.05) is 17.5 Å². The van der Waals surface area contributed by atoms with Gasteiger partial charge in [0.2, 0.25) is 10.0 Å². The summed E-state index contributed by atoms with van der Waals surface area (Å²) in [6, 6.07) is 11.9. The first kappa shape index (κ1) is 20.4. The number of carbonyl (C=O) groups is 1. The zero-order valence-corrected chi connectivity index (χ0v) is 17.8. The summed E-state index contributed by atoms with van der Waals surface area (Å²) >= 11 is 1.39. The van der Waals surface area contributed by atoms with Gasteiger partial charge in [-0.2, -0.15) is 0 Å². The quantitative estimate of drug-likeness (QED) is 0.453. The number of hydrogen-bond donors (Lipinski definition) is 1. The van der Waals surface area contributed by atoms with Gasteiger partial charge >= 0.3 is 0 Å². The van der Waals surface area contributed by atoms with Crippen molar-refractivity contribution in [3.05, 3.63) is 76.7 Å². The van der Waals surface area contributed by atoms with Crippen LogP contribution in [0.25, 0.3) is 16.2 Å². The number of aryl methyl sites for hydroxylation is 1. The van der Waals surface area contributed by atoms with E-state index >= 15 is 0 Å². The Morgan fingerprint density at radius 2 is 1.80 bits per heavy atom. The standard InChI is InChI=1S/C21H18FN3O3S2/c1-13-20(11-23-30(27,28)18-9-5-15(6-10-18)14(2)26)29-21-24-19(12-25(13)21)16-3-7-17(22)8-4-16/h3-10,12,23H,11H2,1-2H3. The number of halogens is 1. The van der Waals surface area contributed by atoms with Crippen LogP contribution in [0.3, 0.4) is 0 Å². The van der Waals surface area contributed by atoms with Crippen LogP contribution in [0.15, 0.2) is 59.6 Å². The number of benzene rings is 2. The highest BCUT2D eigenvalue weighted by molar-refractivity contribution is 7.89. The fourth-order valence-corrected chi connectivity index (χ4v) is 5.16.